The number of anilines is 2. The molecule has 106 valence electrons. The molecule has 21 heavy (non-hydrogen) atoms. The van der Waals surface area contributed by atoms with Gasteiger partial charge in [-0.2, -0.15) is 0 Å². The molecular formula is C16H14N2O3. The predicted molar refractivity (Wildman–Crippen MR) is 79.6 cm³/mol. The Morgan fingerprint density at radius 2 is 1.95 bits per heavy atom. The maximum Gasteiger partial charge on any atom is 0.265 e. The topological polar surface area (TPSA) is 67.4 Å². The third kappa shape index (κ3) is 2.72. The molecule has 0 fully saturated rings. The second-order valence-electron chi connectivity index (χ2n) is 4.78. The number of nitrogens with one attached hydrogen (secondary N) is 2. The summed E-state index contributed by atoms with van der Waals surface area (Å²) in [6.45, 7) is 1.66. The highest BCUT2D eigenvalue weighted by Gasteiger charge is 2.24. The highest BCUT2D eigenvalue weighted by Crippen LogP contribution is 2.30. The van der Waals surface area contributed by atoms with Crippen molar-refractivity contribution >= 4 is 23.2 Å². The van der Waals surface area contributed by atoms with Gasteiger partial charge in [0.05, 0.1) is 5.69 Å². The van der Waals surface area contributed by atoms with E-state index in [1.807, 2.05) is 30.3 Å². The molecule has 2 aromatic rings. The molecule has 0 aromatic heterocycles. The fourth-order valence-corrected chi connectivity index (χ4v) is 2.07. The number of hydrogen-bond acceptors (Lipinski definition) is 3. The molecule has 2 amide bonds. The van der Waals surface area contributed by atoms with E-state index in [-0.39, 0.29) is 11.8 Å². The van der Waals surface area contributed by atoms with Gasteiger partial charge in [-0.15, -0.1) is 0 Å². The Bertz CT molecular complexity index is 698. The highest BCUT2D eigenvalue weighted by molar-refractivity contribution is 6.05. The Balaban J connectivity index is 1.82. The second-order valence-corrected chi connectivity index (χ2v) is 4.78. The molecule has 1 atom stereocenters. The Morgan fingerprint density at radius 1 is 1.19 bits per heavy atom. The normalized spacial score (nSPS) is 16.4. The first-order valence-corrected chi connectivity index (χ1v) is 6.61. The summed E-state index contributed by atoms with van der Waals surface area (Å²) in [5, 5.41) is 5.53. The van der Waals surface area contributed by atoms with Gasteiger partial charge in [0.1, 0.15) is 5.75 Å². The van der Waals surface area contributed by atoms with E-state index in [0.717, 1.165) is 5.69 Å². The minimum atomic E-state index is -0.565. The summed E-state index contributed by atoms with van der Waals surface area (Å²) >= 11 is 0. The largest absolute Gasteiger partial charge is 0.479 e. The van der Waals surface area contributed by atoms with Crippen molar-refractivity contribution in [2.24, 2.45) is 0 Å². The molecule has 0 saturated carbocycles. The smallest absolute Gasteiger partial charge is 0.265 e. The van der Waals surface area contributed by atoms with Gasteiger partial charge in [-0.1, -0.05) is 18.2 Å². The Labute approximate surface area is 121 Å². The Morgan fingerprint density at radius 3 is 2.71 bits per heavy atom. The van der Waals surface area contributed by atoms with Crippen molar-refractivity contribution in [1.29, 1.82) is 0 Å². The molecule has 2 aromatic carbocycles. The summed E-state index contributed by atoms with van der Waals surface area (Å²) < 4.78 is 5.49. The first-order chi connectivity index (χ1) is 10.1. The molecule has 0 aliphatic carbocycles. The number of para-hydroxylation sites is 1. The van der Waals surface area contributed by atoms with Gasteiger partial charge in [0.15, 0.2) is 6.10 Å². The van der Waals surface area contributed by atoms with Gasteiger partial charge in [-0.3, -0.25) is 9.59 Å². The number of amides is 2. The lowest BCUT2D eigenvalue weighted by Crippen LogP contribution is -2.34. The van der Waals surface area contributed by atoms with Gasteiger partial charge in [-0.25, -0.2) is 0 Å². The molecule has 2 N–H and O–H groups in total. The number of benzene rings is 2. The van der Waals surface area contributed by atoms with Gasteiger partial charge >= 0.3 is 0 Å². The first kappa shape index (κ1) is 13.2. The third-order valence-corrected chi connectivity index (χ3v) is 3.21. The summed E-state index contributed by atoms with van der Waals surface area (Å²) in [4.78, 5) is 23.7. The quantitative estimate of drug-likeness (QED) is 0.889. The SMILES string of the molecule is CC1Oc2cc(C(=O)Nc3ccccc3)ccc2NC1=O. The van der Waals surface area contributed by atoms with Crippen LogP contribution < -0.4 is 15.4 Å². The van der Waals surface area contributed by atoms with Gasteiger partial charge in [0.25, 0.3) is 11.8 Å². The van der Waals surface area contributed by atoms with E-state index < -0.39 is 6.10 Å². The molecule has 3 rings (SSSR count). The van der Waals surface area contributed by atoms with Crippen LogP contribution in [0, 0.1) is 0 Å². The number of ether oxygens (including phenoxy) is 1. The van der Waals surface area contributed by atoms with Crippen molar-refractivity contribution in [1.82, 2.24) is 0 Å². The van der Waals surface area contributed by atoms with Crippen LogP contribution in [0.2, 0.25) is 0 Å². The average molecular weight is 282 g/mol. The molecule has 0 radical (unpaired) electrons. The van der Waals surface area contributed by atoms with Crippen molar-refractivity contribution in [2.45, 2.75) is 13.0 Å². The molecule has 5 nitrogen and oxygen atoms in total. The van der Waals surface area contributed by atoms with Crippen molar-refractivity contribution < 1.29 is 14.3 Å². The van der Waals surface area contributed by atoms with E-state index in [4.69, 9.17) is 4.74 Å². The van der Waals surface area contributed by atoms with Crippen LogP contribution in [0.25, 0.3) is 0 Å². The fourth-order valence-electron chi connectivity index (χ4n) is 2.07. The van der Waals surface area contributed by atoms with E-state index in [2.05, 4.69) is 10.6 Å². The maximum absolute atomic E-state index is 12.2. The number of carbonyl (C=O) groups excluding carboxylic acids is 2. The van der Waals surface area contributed by atoms with Gasteiger partial charge in [0.2, 0.25) is 0 Å². The van der Waals surface area contributed by atoms with Gasteiger partial charge in [-0.05, 0) is 37.3 Å². The lowest BCUT2D eigenvalue weighted by molar-refractivity contribution is -0.122. The summed E-state index contributed by atoms with van der Waals surface area (Å²) in [6.07, 6.45) is -0.565. The molecule has 0 spiro atoms. The van der Waals surface area contributed by atoms with Crippen LogP contribution in [0.5, 0.6) is 5.75 Å². The highest BCUT2D eigenvalue weighted by atomic mass is 16.5. The first-order valence-electron chi connectivity index (χ1n) is 6.61. The maximum atomic E-state index is 12.2. The zero-order chi connectivity index (χ0) is 14.8. The van der Waals surface area contributed by atoms with Crippen LogP contribution >= 0.6 is 0 Å². The second kappa shape index (κ2) is 5.28. The number of carbonyl (C=O) groups is 2. The number of fused-ring (bicyclic) bond motifs is 1. The van der Waals surface area contributed by atoms with Crippen LogP contribution in [-0.4, -0.2) is 17.9 Å². The molecule has 0 saturated heterocycles. The van der Waals surface area contributed by atoms with E-state index in [1.54, 1.807) is 25.1 Å². The van der Waals surface area contributed by atoms with Crippen LogP contribution in [0.3, 0.4) is 0 Å². The molecule has 5 heteroatoms. The van der Waals surface area contributed by atoms with Crippen molar-refractivity contribution in [3.63, 3.8) is 0 Å². The zero-order valence-corrected chi connectivity index (χ0v) is 11.4. The van der Waals surface area contributed by atoms with Crippen molar-refractivity contribution in [3.8, 4) is 5.75 Å². The summed E-state index contributed by atoms with van der Waals surface area (Å²) in [5.41, 5.74) is 1.78. The van der Waals surface area contributed by atoms with E-state index >= 15 is 0 Å². The lowest BCUT2D eigenvalue weighted by atomic mass is 10.1. The van der Waals surface area contributed by atoms with E-state index in [0.29, 0.717) is 17.0 Å². The van der Waals surface area contributed by atoms with Crippen molar-refractivity contribution in [3.05, 3.63) is 54.1 Å². The van der Waals surface area contributed by atoms with Crippen LogP contribution in [0.1, 0.15) is 17.3 Å². The minimum Gasteiger partial charge on any atom is -0.479 e. The van der Waals surface area contributed by atoms with E-state index in [1.165, 1.54) is 0 Å². The summed E-state index contributed by atoms with van der Waals surface area (Å²) in [5.74, 6) is 0.0870. The van der Waals surface area contributed by atoms with Crippen LogP contribution in [0.15, 0.2) is 48.5 Å². The molecule has 1 aliphatic rings. The summed E-state index contributed by atoms with van der Waals surface area (Å²) in [7, 11) is 0. The third-order valence-electron chi connectivity index (χ3n) is 3.21. The number of rotatable bonds is 2. The zero-order valence-electron chi connectivity index (χ0n) is 11.4. The molecule has 0 bridgehead atoms. The van der Waals surface area contributed by atoms with E-state index in [9.17, 15) is 9.59 Å². The number of hydrogen-bond donors (Lipinski definition) is 2. The van der Waals surface area contributed by atoms with Gasteiger partial charge < -0.3 is 15.4 Å². The van der Waals surface area contributed by atoms with Gasteiger partial charge in [0, 0.05) is 11.3 Å². The minimum absolute atomic E-state index is 0.191. The standard InChI is InChI=1S/C16H14N2O3/c1-10-15(19)18-13-8-7-11(9-14(13)21-10)16(20)17-12-5-3-2-4-6-12/h2-10H,1H3,(H,17,20)(H,18,19). The fraction of sp³-hybridized carbons (Fsp3) is 0.125. The molecule has 1 aliphatic heterocycles. The van der Waals surface area contributed by atoms with Crippen LogP contribution in [0.4, 0.5) is 11.4 Å². The summed E-state index contributed by atoms with van der Waals surface area (Å²) in [6, 6.07) is 14.2. The van der Waals surface area contributed by atoms with Crippen LogP contribution in [-0.2, 0) is 4.79 Å². The lowest BCUT2D eigenvalue weighted by Gasteiger charge is -2.23. The Kier molecular flexibility index (Phi) is 3.31. The van der Waals surface area contributed by atoms with Crippen molar-refractivity contribution in [2.75, 3.05) is 10.6 Å². The molecule has 1 unspecified atom stereocenters. The molecule has 1 heterocycles. The predicted octanol–water partition coefficient (Wildman–Crippen LogP) is 2.66. The monoisotopic (exact) mass is 282 g/mol. The molecular weight excluding hydrogens is 268 g/mol. The average Bonchev–Trinajstić information content (AvgIpc) is 2.49. The Hall–Kier alpha value is -2.82.